The minimum absolute atomic E-state index is 1.34. The van der Waals surface area contributed by atoms with Gasteiger partial charge in [0.25, 0.3) is 10.1 Å². The molecule has 3 N–H and O–H groups in total. The first-order chi connectivity index (χ1) is 5.12. The van der Waals surface area contributed by atoms with E-state index in [2.05, 4.69) is 3.63 Å². The van der Waals surface area contributed by atoms with E-state index in [0.29, 0.717) is 0 Å². The van der Waals surface area contributed by atoms with Gasteiger partial charge in [0.05, 0.1) is 0 Å². The third kappa shape index (κ3) is 6.45. The van der Waals surface area contributed by atoms with E-state index in [1.54, 1.807) is 0 Å². The highest BCUT2D eigenvalue weighted by Gasteiger charge is 2.22. The summed E-state index contributed by atoms with van der Waals surface area (Å²) in [5.41, 5.74) is 0. The first-order valence-electron chi connectivity index (χ1n) is 2.40. The van der Waals surface area contributed by atoms with Gasteiger partial charge in [0, 0.05) is 0 Å². The molecular formula is C2H6O8S2. The van der Waals surface area contributed by atoms with E-state index in [4.69, 9.17) is 14.8 Å². The van der Waals surface area contributed by atoms with Crippen LogP contribution in [-0.2, 0) is 24.1 Å². The van der Waals surface area contributed by atoms with Crippen molar-refractivity contribution in [3.63, 3.8) is 0 Å². The number of aliphatic hydroxyl groups is 2. The summed E-state index contributed by atoms with van der Waals surface area (Å²) in [5.74, 6) is -1.34. The zero-order valence-corrected chi connectivity index (χ0v) is 7.12. The fraction of sp³-hybridized carbons (Fsp3) is 1.00. The van der Waals surface area contributed by atoms with Crippen LogP contribution in [-0.4, -0.2) is 43.6 Å². The van der Waals surface area contributed by atoms with E-state index in [1.165, 1.54) is 0 Å². The van der Waals surface area contributed by atoms with Crippen LogP contribution >= 0.6 is 0 Å². The van der Waals surface area contributed by atoms with Crippen LogP contribution in [0.4, 0.5) is 0 Å². The van der Waals surface area contributed by atoms with Gasteiger partial charge in [-0.15, -0.1) is 3.63 Å². The third-order valence-corrected chi connectivity index (χ3v) is 2.77. The average molecular weight is 222 g/mol. The second-order valence-corrected chi connectivity index (χ2v) is 4.55. The summed E-state index contributed by atoms with van der Waals surface area (Å²) in [6.45, 7) is 0. The van der Waals surface area contributed by atoms with E-state index < -0.39 is 32.6 Å². The van der Waals surface area contributed by atoms with Gasteiger partial charge in [-0.3, -0.25) is 4.55 Å². The lowest BCUT2D eigenvalue weighted by atomic mass is 10.8. The molecule has 0 amide bonds. The first kappa shape index (κ1) is 11.7. The molecule has 10 heteroatoms. The predicted octanol–water partition coefficient (Wildman–Crippen LogP) is -2.55. The van der Waals surface area contributed by atoms with E-state index in [-0.39, 0.29) is 0 Å². The van der Waals surface area contributed by atoms with Crippen LogP contribution in [0.2, 0.25) is 0 Å². The largest absolute Gasteiger partial charge is 0.412 e. The standard InChI is InChI=1S/C2H6O8S2/c3-2(4)1-11(5,6)10-12(7,8)9/h2-4H,1H2,(H,7,8,9). The van der Waals surface area contributed by atoms with Crippen molar-refractivity contribution in [1.82, 2.24) is 0 Å². The summed E-state index contributed by atoms with van der Waals surface area (Å²) in [7, 11) is -9.81. The van der Waals surface area contributed by atoms with Crippen molar-refractivity contribution in [2.75, 3.05) is 5.75 Å². The third-order valence-electron chi connectivity index (χ3n) is 0.543. The summed E-state index contributed by atoms with van der Waals surface area (Å²) in [6.07, 6.45) is -2.27. The van der Waals surface area contributed by atoms with Crippen molar-refractivity contribution in [3.05, 3.63) is 0 Å². The maximum absolute atomic E-state index is 10.4. The van der Waals surface area contributed by atoms with E-state index in [9.17, 15) is 16.8 Å². The Labute approximate surface area is 68.5 Å². The van der Waals surface area contributed by atoms with Gasteiger partial charge in [0.1, 0.15) is 5.75 Å². The Balaban J connectivity index is 4.47. The molecule has 0 aromatic rings. The molecule has 0 bridgehead atoms. The van der Waals surface area contributed by atoms with Crippen molar-refractivity contribution in [2.24, 2.45) is 0 Å². The SMILES string of the molecule is O=S(=O)(O)OS(=O)(=O)CC(O)O. The van der Waals surface area contributed by atoms with Gasteiger partial charge in [-0.05, 0) is 0 Å². The van der Waals surface area contributed by atoms with Crippen molar-refractivity contribution >= 4 is 20.5 Å². The molecule has 0 aromatic carbocycles. The Kier molecular flexibility index (Phi) is 3.56. The smallest absolute Gasteiger partial charge is 0.367 e. The molecule has 0 aliphatic heterocycles. The molecule has 0 spiro atoms. The highest BCUT2D eigenvalue weighted by Crippen LogP contribution is 1.99. The molecule has 74 valence electrons. The quantitative estimate of drug-likeness (QED) is 0.349. The maximum Gasteiger partial charge on any atom is 0.412 e. The number of aliphatic hydroxyl groups excluding tert-OH is 1. The zero-order chi connectivity index (χ0) is 9.99. The van der Waals surface area contributed by atoms with Crippen LogP contribution in [0.15, 0.2) is 0 Å². The van der Waals surface area contributed by atoms with Crippen LogP contribution in [0, 0.1) is 0 Å². The normalized spacial score (nSPS) is 13.7. The fourth-order valence-corrected chi connectivity index (χ4v) is 1.98. The molecule has 0 aliphatic carbocycles. The molecule has 0 atom stereocenters. The molecule has 8 nitrogen and oxygen atoms in total. The second-order valence-electron chi connectivity index (χ2n) is 1.70. The van der Waals surface area contributed by atoms with Crippen LogP contribution in [0.1, 0.15) is 0 Å². The van der Waals surface area contributed by atoms with Crippen molar-refractivity contribution in [3.8, 4) is 0 Å². The molecule has 0 saturated heterocycles. The van der Waals surface area contributed by atoms with Crippen molar-refractivity contribution in [2.45, 2.75) is 6.29 Å². The van der Waals surface area contributed by atoms with Gasteiger partial charge in [-0.1, -0.05) is 0 Å². The van der Waals surface area contributed by atoms with Gasteiger partial charge in [-0.25, -0.2) is 0 Å². The number of rotatable bonds is 4. The minimum Gasteiger partial charge on any atom is -0.367 e. The number of hydrogen-bond donors (Lipinski definition) is 3. The van der Waals surface area contributed by atoms with Crippen LogP contribution < -0.4 is 0 Å². The van der Waals surface area contributed by atoms with Crippen molar-refractivity contribution < 1.29 is 35.2 Å². The molecule has 0 saturated carbocycles. The molecule has 0 radical (unpaired) electrons. The summed E-state index contributed by atoms with van der Waals surface area (Å²) >= 11 is 0. The van der Waals surface area contributed by atoms with Gasteiger partial charge >= 0.3 is 10.4 Å². The van der Waals surface area contributed by atoms with Crippen LogP contribution in [0.5, 0.6) is 0 Å². The average Bonchev–Trinajstić information content (AvgIpc) is 1.48. The monoisotopic (exact) mass is 222 g/mol. The molecule has 0 heterocycles. The summed E-state index contributed by atoms with van der Waals surface area (Å²) in [5, 5.41) is 16.2. The Morgan fingerprint density at radius 2 is 1.58 bits per heavy atom. The molecular weight excluding hydrogens is 216 g/mol. The lowest BCUT2D eigenvalue weighted by Crippen LogP contribution is -2.24. The zero-order valence-electron chi connectivity index (χ0n) is 5.48. The molecule has 0 fully saturated rings. The van der Waals surface area contributed by atoms with Crippen LogP contribution in [0.3, 0.4) is 0 Å². The number of hydrogen-bond acceptors (Lipinski definition) is 7. The van der Waals surface area contributed by atoms with Crippen LogP contribution in [0.25, 0.3) is 0 Å². The van der Waals surface area contributed by atoms with Gasteiger partial charge < -0.3 is 10.2 Å². The lowest BCUT2D eigenvalue weighted by molar-refractivity contribution is -0.0206. The van der Waals surface area contributed by atoms with Gasteiger partial charge in [-0.2, -0.15) is 16.8 Å². The molecule has 0 unspecified atom stereocenters. The maximum atomic E-state index is 10.4. The Bertz CT molecular complexity index is 320. The van der Waals surface area contributed by atoms with Crippen molar-refractivity contribution in [1.29, 1.82) is 0 Å². The lowest BCUT2D eigenvalue weighted by Gasteiger charge is -2.02. The predicted molar refractivity (Wildman–Crippen MR) is 34.6 cm³/mol. The summed E-state index contributed by atoms with van der Waals surface area (Å²) < 4.78 is 51.4. The Morgan fingerprint density at radius 3 is 1.83 bits per heavy atom. The summed E-state index contributed by atoms with van der Waals surface area (Å²) in [4.78, 5) is 0. The Hall–Kier alpha value is -0.260. The van der Waals surface area contributed by atoms with Gasteiger partial charge in [0.15, 0.2) is 6.29 Å². The van der Waals surface area contributed by atoms with E-state index >= 15 is 0 Å². The minimum atomic E-state index is -5.14. The highest BCUT2D eigenvalue weighted by atomic mass is 32.3. The first-order valence-corrected chi connectivity index (χ1v) is 5.34. The molecule has 0 aromatic heterocycles. The fourth-order valence-electron chi connectivity index (χ4n) is 0.341. The topological polar surface area (TPSA) is 138 Å². The molecule has 0 aliphatic rings. The van der Waals surface area contributed by atoms with E-state index in [1.807, 2.05) is 0 Å². The van der Waals surface area contributed by atoms with Gasteiger partial charge in [0.2, 0.25) is 0 Å². The molecule has 0 rings (SSSR count). The summed E-state index contributed by atoms with van der Waals surface area (Å²) in [6, 6.07) is 0. The second kappa shape index (κ2) is 3.64. The Morgan fingerprint density at radius 1 is 1.17 bits per heavy atom. The highest BCUT2D eigenvalue weighted by molar-refractivity contribution is 7.97. The van der Waals surface area contributed by atoms with E-state index in [0.717, 1.165) is 0 Å². The molecule has 12 heavy (non-hydrogen) atoms.